The molecule has 4 aromatic rings. The molecule has 2 aromatic heterocycles. The summed E-state index contributed by atoms with van der Waals surface area (Å²) in [6, 6.07) is 22.3. The van der Waals surface area contributed by atoms with Crippen molar-refractivity contribution in [3.63, 3.8) is 0 Å². The Kier molecular flexibility index (Phi) is 6.61. The summed E-state index contributed by atoms with van der Waals surface area (Å²) in [7, 11) is 0. The molecule has 3 heterocycles. The van der Waals surface area contributed by atoms with Crippen LogP contribution in [-0.4, -0.2) is 37.8 Å². The maximum atomic E-state index is 4.90. The molecule has 35 heavy (non-hydrogen) atoms. The number of nitrogens with one attached hydrogen (secondary N) is 1. The van der Waals surface area contributed by atoms with Gasteiger partial charge in [-0.1, -0.05) is 48.9 Å². The zero-order chi connectivity index (χ0) is 23.5. The summed E-state index contributed by atoms with van der Waals surface area (Å²) in [5.74, 6) is 1.02. The molecule has 5 heteroatoms. The largest absolute Gasteiger partial charge is 0.341 e. The van der Waals surface area contributed by atoms with Crippen molar-refractivity contribution in [3.8, 4) is 0 Å². The SMILES string of the molecule is c1cnc2c(c1)CCCC2N(Cc1ccc(CN2CCCCC2)cc1)Cc1nc2ccccc2[nH]1. The van der Waals surface area contributed by atoms with Gasteiger partial charge in [-0.2, -0.15) is 0 Å². The molecule has 0 radical (unpaired) electrons. The Morgan fingerprint density at radius 1 is 0.857 bits per heavy atom. The summed E-state index contributed by atoms with van der Waals surface area (Å²) < 4.78 is 0. The third kappa shape index (κ3) is 5.16. The van der Waals surface area contributed by atoms with Crippen LogP contribution in [-0.2, 0) is 26.1 Å². The molecule has 1 unspecified atom stereocenters. The summed E-state index contributed by atoms with van der Waals surface area (Å²) in [6.45, 7) is 5.22. The molecule has 2 aliphatic rings. The van der Waals surface area contributed by atoms with Gasteiger partial charge in [-0.3, -0.25) is 14.8 Å². The van der Waals surface area contributed by atoms with E-state index in [9.17, 15) is 0 Å². The minimum absolute atomic E-state index is 0.307. The van der Waals surface area contributed by atoms with Gasteiger partial charge in [0.15, 0.2) is 0 Å². The van der Waals surface area contributed by atoms with Gasteiger partial charge in [-0.25, -0.2) is 4.98 Å². The lowest BCUT2D eigenvalue weighted by atomic mass is 9.90. The Bertz CT molecular complexity index is 1220. The normalized spacial score (nSPS) is 18.7. The molecule has 6 rings (SSSR count). The number of aromatic amines is 1. The van der Waals surface area contributed by atoms with Crippen LogP contribution < -0.4 is 0 Å². The van der Waals surface area contributed by atoms with Gasteiger partial charge < -0.3 is 4.98 Å². The number of para-hydroxylation sites is 2. The Morgan fingerprint density at radius 3 is 2.54 bits per heavy atom. The molecule has 0 saturated carbocycles. The Balaban J connectivity index is 1.24. The third-order valence-corrected chi connectivity index (χ3v) is 7.66. The average Bonchev–Trinajstić information content (AvgIpc) is 3.32. The van der Waals surface area contributed by atoms with Crippen molar-refractivity contribution >= 4 is 11.0 Å². The number of imidazole rings is 1. The van der Waals surface area contributed by atoms with E-state index in [-0.39, 0.29) is 0 Å². The molecular weight excluding hydrogens is 430 g/mol. The van der Waals surface area contributed by atoms with E-state index in [4.69, 9.17) is 9.97 Å². The number of nitrogens with zero attached hydrogens (tertiary/aromatic N) is 4. The first-order valence-corrected chi connectivity index (χ1v) is 13.2. The molecule has 1 aliphatic carbocycles. The monoisotopic (exact) mass is 465 g/mol. The van der Waals surface area contributed by atoms with Crippen molar-refractivity contribution in [2.45, 2.75) is 64.2 Å². The van der Waals surface area contributed by atoms with Gasteiger partial charge in [0.1, 0.15) is 5.82 Å². The van der Waals surface area contributed by atoms with Crippen molar-refractivity contribution in [3.05, 3.63) is 95.1 Å². The number of benzene rings is 2. The molecule has 0 spiro atoms. The summed E-state index contributed by atoms with van der Waals surface area (Å²) in [4.78, 5) is 18.5. The van der Waals surface area contributed by atoms with Gasteiger partial charge in [-0.15, -0.1) is 0 Å². The zero-order valence-corrected chi connectivity index (χ0v) is 20.5. The number of hydrogen-bond acceptors (Lipinski definition) is 4. The highest BCUT2D eigenvalue weighted by Crippen LogP contribution is 2.34. The number of aromatic nitrogens is 3. The first-order chi connectivity index (χ1) is 17.3. The van der Waals surface area contributed by atoms with E-state index in [0.29, 0.717) is 6.04 Å². The van der Waals surface area contributed by atoms with Crippen molar-refractivity contribution in [2.24, 2.45) is 0 Å². The molecule has 180 valence electrons. The van der Waals surface area contributed by atoms with E-state index >= 15 is 0 Å². The van der Waals surface area contributed by atoms with E-state index < -0.39 is 0 Å². The van der Waals surface area contributed by atoms with E-state index in [2.05, 4.69) is 75.4 Å². The summed E-state index contributed by atoms with van der Waals surface area (Å²) in [6.07, 6.45) is 9.48. The topological polar surface area (TPSA) is 48.1 Å². The van der Waals surface area contributed by atoms with Crippen LogP contribution in [0.25, 0.3) is 11.0 Å². The molecule has 5 nitrogen and oxygen atoms in total. The molecule has 2 aromatic carbocycles. The average molecular weight is 466 g/mol. The van der Waals surface area contributed by atoms with Crippen molar-refractivity contribution < 1.29 is 0 Å². The van der Waals surface area contributed by atoms with Crippen LogP contribution in [0.15, 0.2) is 66.9 Å². The van der Waals surface area contributed by atoms with Gasteiger partial charge in [0.05, 0.1) is 29.3 Å². The van der Waals surface area contributed by atoms with Gasteiger partial charge in [0.2, 0.25) is 0 Å². The smallest absolute Gasteiger partial charge is 0.121 e. The second-order valence-electron chi connectivity index (χ2n) is 10.2. The minimum atomic E-state index is 0.307. The number of H-pyrrole nitrogens is 1. The molecule has 0 bridgehead atoms. The zero-order valence-electron chi connectivity index (χ0n) is 20.5. The highest BCUT2D eigenvalue weighted by atomic mass is 15.2. The fourth-order valence-electron chi connectivity index (χ4n) is 5.85. The van der Waals surface area contributed by atoms with Gasteiger partial charge in [0, 0.05) is 19.3 Å². The summed E-state index contributed by atoms with van der Waals surface area (Å²) in [5, 5.41) is 0. The molecule has 1 atom stereocenters. The second-order valence-corrected chi connectivity index (χ2v) is 10.2. The number of aryl methyl sites for hydroxylation is 1. The Hall–Kier alpha value is -3.02. The summed E-state index contributed by atoms with van der Waals surface area (Å²) in [5.41, 5.74) is 7.56. The maximum absolute atomic E-state index is 4.90. The van der Waals surface area contributed by atoms with Gasteiger partial charge in [0.25, 0.3) is 0 Å². The molecule has 1 N–H and O–H groups in total. The number of fused-ring (bicyclic) bond motifs is 2. The first kappa shape index (κ1) is 22.4. The van der Waals surface area contributed by atoms with Crippen molar-refractivity contribution in [1.29, 1.82) is 0 Å². The van der Waals surface area contributed by atoms with Crippen LogP contribution >= 0.6 is 0 Å². The molecular formula is C30H35N5. The number of pyridine rings is 1. The lowest BCUT2D eigenvalue weighted by Gasteiger charge is -2.34. The highest BCUT2D eigenvalue weighted by molar-refractivity contribution is 5.74. The van der Waals surface area contributed by atoms with Crippen LogP contribution in [0.2, 0.25) is 0 Å². The van der Waals surface area contributed by atoms with Crippen LogP contribution in [0.4, 0.5) is 0 Å². The molecule has 1 aliphatic heterocycles. The van der Waals surface area contributed by atoms with E-state index in [1.54, 1.807) is 0 Å². The van der Waals surface area contributed by atoms with Crippen molar-refractivity contribution in [1.82, 2.24) is 24.8 Å². The number of hydrogen-bond donors (Lipinski definition) is 1. The molecule has 1 fully saturated rings. The number of piperidine rings is 1. The van der Waals surface area contributed by atoms with Crippen molar-refractivity contribution in [2.75, 3.05) is 13.1 Å². The quantitative estimate of drug-likeness (QED) is 0.362. The van der Waals surface area contributed by atoms with Crippen LogP contribution in [0.1, 0.15) is 66.4 Å². The second kappa shape index (κ2) is 10.3. The van der Waals surface area contributed by atoms with Crippen LogP contribution in [0, 0.1) is 0 Å². The fourth-order valence-corrected chi connectivity index (χ4v) is 5.85. The van der Waals surface area contributed by atoms with Gasteiger partial charge >= 0.3 is 0 Å². The number of rotatable bonds is 7. The number of likely N-dealkylation sites (tertiary alicyclic amines) is 1. The Morgan fingerprint density at radius 2 is 1.69 bits per heavy atom. The molecule has 1 saturated heterocycles. The van der Waals surface area contributed by atoms with Gasteiger partial charge in [-0.05, 0) is 80.1 Å². The highest BCUT2D eigenvalue weighted by Gasteiger charge is 2.28. The van der Waals surface area contributed by atoms with E-state index in [0.717, 1.165) is 49.3 Å². The van der Waals surface area contributed by atoms with E-state index in [1.165, 1.54) is 61.2 Å². The standard InChI is InChI=1S/C30H35N5/c1-4-18-34(19-5-1)20-23-13-15-24(16-14-23)21-35(22-29-32-26-10-2-3-11-27(26)33-29)28-12-6-8-25-9-7-17-31-30(25)28/h2-3,7,9-11,13-17,28H,1,4-6,8,12,18-22H2,(H,32,33). The maximum Gasteiger partial charge on any atom is 0.121 e. The summed E-state index contributed by atoms with van der Waals surface area (Å²) >= 11 is 0. The van der Waals surface area contributed by atoms with Crippen LogP contribution in [0.5, 0.6) is 0 Å². The minimum Gasteiger partial charge on any atom is -0.341 e. The Labute approximate surface area is 208 Å². The third-order valence-electron chi connectivity index (χ3n) is 7.66. The lowest BCUT2D eigenvalue weighted by molar-refractivity contribution is 0.153. The molecule has 0 amide bonds. The lowest BCUT2D eigenvalue weighted by Crippen LogP contribution is -2.32. The predicted molar refractivity (Wildman–Crippen MR) is 141 cm³/mol. The van der Waals surface area contributed by atoms with E-state index in [1.807, 2.05) is 6.20 Å². The van der Waals surface area contributed by atoms with Crippen LogP contribution in [0.3, 0.4) is 0 Å². The first-order valence-electron chi connectivity index (χ1n) is 13.2. The fraction of sp³-hybridized carbons (Fsp3) is 0.400. The predicted octanol–water partition coefficient (Wildman–Crippen LogP) is 6.02.